The van der Waals surface area contributed by atoms with Gasteiger partial charge >= 0.3 is 0 Å². The molecule has 0 radical (unpaired) electrons. The van der Waals surface area contributed by atoms with Crippen LogP contribution in [0.15, 0.2) is 54.9 Å². The highest BCUT2D eigenvalue weighted by Crippen LogP contribution is 2.20. The molecule has 5 rings (SSSR count). The smallest absolute Gasteiger partial charge is 0.109 e. The zero-order chi connectivity index (χ0) is 18.9. The summed E-state index contributed by atoms with van der Waals surface area (Å²) < 4.78 is 4.55. The maximum absolute atomic E-state index is 4.76. The lowest BCUT2D eigenvalue weighted by Crippen LogP contribution is -2.19. The Kier molecular flexibility index (Phi) is 4.45. The van der Waals surface area contributed by atoms with Crippen LogP contribution in [0.3, 0.4) is 0 Å². The van der Waals surface area contributed by atoms with Crippen LogP contribution in [0.2, 0.25) is 0 Å². The van der Waals surface area contributed by atoms with Gasteiger partial charge in [0.15, 0.2) is 0 Å². The monoisotopic (exact) mass is 371 g/mol. The fourth-order valence-corrected chi connectivity index (χ4v) is 4.17. The molecule has 0 spiro atoms. The van der Waals surface area contributed by atoms with Gasteiger partial charge in [-0.3, -0.25) is 4.57 Å². The van der Waals surface area contributed by atoms with E-state index in [9.17, 15) is 0 Å². The zero-order valence-corrected chi connectivity index (χ0v) is 16.2. The number of nitrogens with zero attached hydrogens (tertiary/aromatic N) is 4. The summed E-state index contributed by atoms with van der Waals surface area (Å²) in [5.74, 6) is 1.26. The molecule has 2 aromatic carbocycles. The number of aryl methyl sites for hydroxylation is 2. The van der Waals surface area contributed by atoms with E-state index in [1.54, 1.807) is 0 Å². The Balaban J connectivity index is 1.27. The van der Waals surface area contributed by atoms with Crippen molar-refractivity contribution in [1.29, 1.82) is 0 Å². The molecule has 0 unspecified atom stereocenters. The SMILES string of the molecule is Cc1nc2n(c1CNCc1ccc(-n3cnc4ccccc43)cc1)CCCC2. The van der Waals surface area contributed by atoms with Gasteiger partial charge in [0.25, 0.3) is 0 Å². The van der Waals surface area contributed by atoms with E-state index in [2.05, 4.69) is 62.8 Å². The van der Waals surface area contributed by atoms with Crippen molar-refractivity contribution in [3.8, 4) is 5.69 Å². The maximum Gasteiger partial charge on any atom is 0.109 e. The molecular formula is C23H25N5. The summed E-state index contributed by atoms with van der Waals surface area (Å²) in [5.41, 5.74) is 7.09. The van der Waals surface area contributed by atoms with Gasteiger partial charge in [0.1, 0.15) is 12.2 Å². The average molecular weight is 371 g/mol. The standard InChI is InChI=1S/C23H25N5/c1-17-22(27-13-5-4-8-23(27)26-17)15-24-14-18-9-11-19(12-10-18)28-16-25-20-6-2-3-7-21(20)28/h2-3,6-7,9-12,16,24H,4-5,8,13-15H2,1H3. The lowest BCUT2D eigenvalue weighted by molar-refractivity contribution is 0.498. The van der Waals surface area contributed by atoms with E-state index in [-0.39, 0.29) is 0 Å². The molecule has 0 fully saturated rings. The Hall–Kier alpha value is -2.92. The molecule has 3 heterocycles. The third-order valence-electron chi connectivity index (χ3n) is 5.67. The van der Waals surface area contributed by atoms with Gasteiger partial charge < -0.3 is 9.88 Å². The molecule has 5 heteroatoms. The molecule has 1 N–H and O–H groups in total. The quantitative estimate of drug-likeness (QED) is 0.573. The minimum absolute atomic E-state index is 0.852. The molecule has 1 aliphatic heterocycles. The van der Waals surface area contributed by atoms with Crippen molar-refractivity contribution in [2.45, 2.75) is 45.8 Å². The Morgan fingerprint density at radius 1 is 1.00 bits per heavy atom. The van der Waals surface area contributed by atoms with Crippen LogP contribution in [0.4, 0.5) is 0 Å². The van der Waals surface area contributed by atoms with Crippen molar-refractivity contribution < 1.29 is 0 Å². The van der Waals surface area contributed by atoms with Gasteiger partial charge in [0.2, 0.25) is 0 Å². The summed E-state index contributed by atoms with van der Waals surface area (Å²) in [7, 11) is 0. The third kappa shape index (κ3) is 3.12. The number of rotatable bonds is 5. The fraction of sp³-hybridized carbons (Fsp3) is 0.304. The molecule has 28 heavy (non-hydrogen) atoms. The maximum atomic E-state index is 4.76. The topological polar surface area (TPSA) is 47.7 Å². The van der Waals surface area contributed by atoms with Crippen LogP contribution in [0, 0.1) is 6.92 Å². The first kappa shape index (κ1) is 17.2. The molecule has 0 bridgehead atoms. The van der Waals surface area contributed by atoms with E-state index in [1.807, 2.05) is 18.5 Å². The summed E-state index contributed by atoms with van der Waals surface area (Å²) in [5, 5.41) is 3.60. The zero-order valence-electron chi connectivity index (χ0n) is 16.2. The fourth-order valence-electron chi connectivity index (χ4n) is 4.17. The predicted octanol–water partition coefficient (Wildman–Crippen LogP) is 4.16. The van der Waals surface area contributed by atoms with E-state index in [4.69, 9.17) is 4.98 Å². The number of aromatic nitrogens is 4. The highest BCUT2D eigenvalue weighted by molar-refractivity contribution is 5.77. The van der Waals surface area contributed by atoms with Crippen LogP contribution < -0.4 is 5.32 Å². The summed E-state index contributed by atoms with van der Waals surface area (Å²) in [6, 6.07) is 16.9. The molecule has 142 valence electrons. The molecule has 0 amide bonds. The van der Waals surface area contributed by atoms with Gasteiger partial charge in [-0.2, -0.15) is 0 Å². The second kappa shape index (κ2) is 7.24. The summed E-state index contributed by atoms with van der Waals surface area (Å²) in [4.78, 5) is 9.24. The van der Waals surface area contributed by atoms with Crippen LogP contribution in [-0.2, 0) is 26.1 Å². The average Bonchev–Trinajstić information content (AvgIpc) is 3.30. The van der Waals surface area contributed by atoms with Crippen molar-refractivity contribution in [1.82, 2.24) is 24.4 Å². The molecule has 1 aliphatic rings. The minimum Gasteiger partial charge on any atom is -0.331 e. The summed E-state index contributed by atoms with van der Waals surface area (Å²) >= 11 is 0. The van der Waals surface area contributed by atoms with Crippen molar-refractivity contribution in [2.24, 2.45) is 0 Å². The number of benzene rings is 2. The Labute approximate surface area is 165 Å². The Bertz CT molecular complexity index is 1100. The second-order valence-corrected chi connectivity index (χ2v) is 7.54. The molecule has 0 atom stereocenters. The van der Waals surface area contributed by atoms with E-state index < -0.39 is 0 Å². The minimum atomic E-state index is 0.852. The highest BCUT2D eigenvalue weighted by atomic mass is 15.1. The number of hydrogen-bond acceptors (Lipinski definition) is 3. The molecule has 0 saturated heterocycles. The second-order valence-electron chi connectivity index (χ2n) is 7.54. The first-order valence-electron chi connectivity index (χ1n) is 10.1. The normalized spacial score (nSPS) is 13.8. The van der Waals surface area contributed by atoms with Crippen molar-refractivity contribution in [2.75, 3.05) is 0 Å². The third-order valence-corrected chi connectivity index (χ3v) is 5.67. The van der Waals surface area contributed by atoms with Crippen LogP contribution in [0.1, 0.15) is 35.6 Å². The van der Waals surface area contributed by atoms with E-state index in [0.717, 1.165) is 42.8 Å². The molecule has 0 saturated carbocycles. The van der Waals surface area contributed by atoms with Crippen LogP contribution in [0.25, 0.3) is 16.7 Å². The number of nitrogens with one attached hydrogen (secondary N) is 1. The van der Waals surface area contributed by atoms with Gasteiger partial charge in [-0.05, 0) is 49.6 Å². The highest BCUT2D eigenvalue weighted by Gasteiger charge is 2.16. The van der Waals surface area contributed by atoms with Gasteiger partial charge in [0, 0.05) is 31.7 Å². The van der Waals surface area contributed by atoms with E-state index >= 15 is 0 Å². The largest absolute Gasteiger partial charge is 0.331 e. The van der Waals surface area contributed by atoms with Crippen LogP contribution in [0.5, 0.6) is 0 Å². The van der Waals surface area contributed by atoms with Crippen molar-refractivity contribution in [3.05, 3.63) is 77.6 Å². The van der Waals surface area contributed by atoms with Crippen LogP contribution in [-0.4, -0.2) is 19.1 Å². The van der Waals surface area contributed by atoms with Crippen molar-refractivity contribution >= 4 is 11.0 Å². The van der Waals surface area contributed by atoms with E-state index in [0.29, 0.717) is 0 Å². The number of hydrogen-bond donors (Lipinski definition) is 1. The summed E-state index contributed by atoms with van der Waals surface area (Å²) in [6.45, 7) is 4.96. The molecule has 2 aromatic heterocycles. The Morgan fingerprint density at radius 3 is 2.75 bits per heavy atom. The number of para-hydroxylation sites is 2. The Morgan fingerprint density at radius 2 is 1.86 bits per heavy atom. The van der Waals surface area contributed by atoms with Gasteiger partial charge in [-0.15, -0.1) is 0 Å². The van der Waals surface area contributed by atoms with Gasteiger partial charge in [-0.25, -0.2) is 9.97 Å². The van der Waals surface area contributed by atoms with Gasteiger partial charge in [0.05, 0.1) is 22.4 Å². The molecule has 0 aliphatic carbocycles. The lowest BCUT2D eigenvalue weighted by atomic mass is 10.1. The predicted molar refractivity (Wildman–Crippen MR) is 112 cm³/mol. The first-order valence-corrected chi connectivity index (χ1v) is 10.1. The summed E-state index contributed by atoms with van der Waals surface area (Å²) in [6.07, 6.45) is 5.54. The molecular weight excluding hydrogens is 346 g/mol. The van der Waals surface area contributed by atoms with Gasteiger partial charge in [-0.1, -0.05) is 24.3 Å². The number of fused-ring (bicyclic) bond motifs is 2. The lowest BCUT2D eigenvalue weighted by Gasteiger charge is -2.17. The van der Waals surface area contributed by atoms with E-state index in [1.165, 1.54) is 35.6 Å². The van der Waals surface area contributed by atoms with Crippen molar-refractivity contribution in [3.63, 3.8) is 0 Å². The van der Waals surface area contributed by atoms with Crippen LogP contribution >= 0.6 is 0 Å². The first-order chi connectivity index (χ1) is 13.8. The number of imidazole rings is 2. The molecule has 5 nitrogen and oxygen atoms in total. The molecule has 4 aromatic rings.